The molecule has 0 spiro atoms. The molecule has 36 heavy (non-hydrogen) atoms. The van der Waals surface area contributed by atoms with Crippen molar-refractivity contribution in [3.05, 3.63) is 106 Å². The van der Waals surface area contributed by atoms with Crippen LogP contribution in [-0.2, 0) is 11.0 Å². The number of halogens is 3. The van der Waals surface area contributed by atoms with Gasteiger partial charge >= 0.3 is 6.18 Å². The van der Waals surface area contributed by atoms with E-state index in [1.54, 1.807) is 31.3 Å². The number of aryl methyl sites for hydroxylation is 1. The van der Waals surface area contributed by atoms with Gasteiger partial charge in [0.05, 0.1) is 22.9 Å². The molecule has 6 nitrogen and oxygen atoms in total. The van der Waals surface area contributed by atoms with Crippen LogP contribution in [0, 0.1) is 6.92 Å². The molecule has 1 amide bonds. The average Bonchev–Trinajstić information content (AvgIpc) is 3.31. The van der Waals surface area contributed by atoms with Gasteiger partial charge in [-0.25, -0.2) is 0 Å². The molecule has 2 heterocycles. The second-order valence-corrected chi connectivity index (χ2v) is 8.66. The van der Waals surface area contributed by atoms with E-state index < -0.39 is 23.7 Å². The molecule has 0 saturated heterocycles. The fraction of sp³-hybridized carbons (Fsp3) is 0.148. The average molecular weight is 490 g/mol. The Hall–Kier alpha value is -4.40. The normalized spacial score (nSPS) is 16.0. The number of aliphatic imine (C=N–C) groups is 1. The minimum absolute atomic E-state index is 0.318. The van der Waals surface area contributed by atoms with Crippen LogP contribution in [0.2, 0.25) is 0 Å². The molecule has 1 aliphatic rings. The van der Waals surface area contributed by atoms with Crippen molar-refractivity contribution in [2.24, 2.45) is 4.99 Å². The number of carbonyl (C=O) groups is 1. The third-order valence-electron chi connectivity index (χ3n) is 6.03. The van der Waals surface area contributed by atoms with E-state index in [0.29, 0.717) is 28.4 Å². The van der Waals surface area contributed by atoms with E-state index in [1.807, 2.05) is 31.2 Å². The van der Waals surface area contributed by atoms with Crippen molar-refractivity contribution >= 4 is 28.3 Å². The van der Waals surface area contributed by atoms with Gasteiger partial charge in [0.25, 0.3) is 5.91 Å². The van der Waals surface area contributed by atoms with Crippen LogP contribution in [0.4, 0.5) is 18.9 Å². The number of carbonyl (C=O) groups excluding carboxylic acids is 1. The van der Waals surface area contributed by atoms with Gasteiger partial charge in [-0.2, -0.15) is 18.3 Å². The van der Waals surface area contributed by atoms with Crippen molar-refractivity contribution in [1.29, 1.82) is 0 Å². The summed E-state index contributed by atoms with van der Waals surface area (Å²) < 4.78 is 39.5. The van der Waals surface area contributed by atoms with Gasteiger partial charge in [-0.15, -0.1) is 0 Å². The van der Waals surface area contributed by atoms with Crippen molar-refractivity contribution in [2.75, 3.05) is 5.32 Å². The Balaban J connectivity index is 1.53. The summed E-state index contributed by atoms with van der Waals surface area (Å²) in [4.78, 5) is 18.3. The van der Waals surface area contributed by atoms with Crippen molar-refractivity contribution in [2.45, 2.75) is 26.1 Å². The highest BCUT2D eigenvalue weighted by atomic mass is 19.4. The Morgan fingerprint density at radius 3 is 2.50 bits per heavy atom. The van der Waals surface area contributed by atoms with Gasteiger partial charge in [0.1, 0.15) is 11.9 Å². The maximum atomic E-state index is 13.5. The van der Waals surface area contributed by atoms with E-state index in [1.165, 1.54) is 12.1 Å². The lowest BCUT2D eigenvalue weighted by atomic mass is 9.93. The number of fused-ring (bicyclic) bond motifs is 1. The highest BCUT2D eigenvalue weighted by Crippen LogP contribution is 2.35. The lowest BCUT2D eigenvalue weighted by Crippen LogP contribution is -2.34. The second-order valence-electron chi connectivity index (χ2n) is 8.66. The van der Waals surface area contributed by atoms with E-state index in [0.717, 1.165) is 34.2 Å². The number of H-pyrrole nitrogens is 1. The van der Waals surface area contributed by atoms with E-state index in [-0.39, 0.29) is 0 Å². The molecule has 0 fully saturated rings. The number of aromatic amines is 1. The van der Waals surface area contributed by atoms with Gasteiger partial charge < -0.3 is 10.6 Å². The zero-order chi connectivity index (χ0) is 25.4. The lowest BCUT2D eigenvalue weighted by Gasteiger charge is -2.27. The molecule has 0 radical (unpaired) electrons. The van der Waals surface area contributed by atoms with Crippen molar-refractivity contribution in [3.63, 3.8) is 0 Å². The van der Waals surface area contributed by atoms with Crippen LogP contribution in [0.15, 0.2) is 89.2 Å². The van der Waals surface area contributed by atoms with E-state index in [2.05, 4.69) is 20.8 Å². The minimum atomic E-state index is -4.46. The number of anilines is 1. The minimum Gasteiger partial charge on any atom is -0.343 e. The Bertz CT molecular complexity index is 1520. The maximum absolute atomic E-state index is 13.5. The fourth-order valence-electron chi connectivity index (χ4n) is 4.22. The molecule has 1 aromatic heterocycles. The SMILES string of the molecule is CC1=C(C(=O)Nc2ccc3[nH]ncc3c2)C(c2ccc(C(F)(F)F)cc2)N=C(c2cccc(C)c2)N1. The first-order valence-corrected chi connectivity index (χ1v) is 11.2. The largest absolute Gasteiger partial charge is 0.416 e. The Morgan fingerprint density at radius 2 is 1.78 bits per heavy atom. The summed E-state index contributed by atoms with van der Waals surface area (Å²) in [5.41, 5.74) is 3.84. The van der Waals surface area contributed by atoms with Crippen LogP contribution >= 0.6 is 0 Å². The Labute approximate surface area is 205 Å². The van der Waals surface area contributed by atoms with Gasteiger partial charge in [0.15, 0.2) is 0 Å². The number of rotatable bonds is 4. The van der Waals surface area contributed by atoms with E-state index in [9.17, 15) is 18.0 Å². The predicted octanol–water partition coefficient (Wildman–Crippen LogP) is 5.89. The molecule has 1 unspecified atom stereocenters. The molecule has 1 aliphatic heterocycles. The number of allylic oxidation sites excluding steroid dienone is 1. The first-order chi connectivity index (χ1) is 17.2. The molecular formula is C27H22F3N5O. The van der Waals surface area contributed by atoms with E-state index in [4.69, 9.17) is 4.99 Å². The first-order valence-electron chi connectivity index (χ1n) is 11.2. The summed E-state index contributed by atoms with van der Waals surface area (Å²) in [6.45, 7) is 3.72. The predicted molar refractivity (Wildman–Crippen MR) is 132 cm³/mol. The quantitative estimate of drug-likeness (QED) is 0.334. The number of hydrogen-bond acceptors (Lipinski definition) is 4. The van der Waals surface area contributed by atoms with Crippen LogP contribution in [0.1, 0.15) is 35.2 Å². The van der Waals surface area contributed by atoms with Crippen LogP contribution < -0.4 is 10.6 Å². The molecule has 5 rings (SSSR count). The Morgan fingerprint density at radius 1 is 1.00 bits per heavy atom. The maximum Gasteiger partial charge on any atom is 0.416 e. The molecule has 0 bridgehead atoms. The third kappa shape index (κ3) is 4.59. The van der Waals surface area contributed by atoms with E-state index >= 15 is 0 Å². The summed E-state index contributed by atoms with van der Waals surface area (Å²) >= 11 is 0. The summed E-state index contributed by atoms with van der Waals surface area (Å²) in [6, 6.07) is 17.0. The highest BCUT2D eigenvalue weighted by Gasteiger charge is 2.33. The molecule has 3 N–H and O–H groups in total. The molecular weight excluding hydrogens is 467 g/mol. The summed E-state index contributed by atoms with van der Waals surface area (Å²) in [5, 5.41) is 13.8. The smallest absolute Gasteiger partial charge is 0.343 e. The second kappa shape index (κ2) is 8.99. The third-order valence-corrected chi connectivity index (χ3v) is 6.03. The van der Waals surface area contributed by atoms with Gasteiger partial charge in [0.2, 0.25) is 0 Å². The standard InChI is InChI=1S/C27H22F3N5O/c1-15-4-3-5-18(12-15)25-32-16(2)23(24(34-25)17-6-8-20(9-7-17)27(28,29)30)26(36)33-21-10-11-22-19(13-21)14-31-35-22/h3-14,24H,1-2H3,(H,31,35)(H,32,34)(H,33,36). The summed E-state index contributed by atoms with van der Waals surface area (Å²) in [5.74, 6) is 0.136. The van der Waals surface area contributed by atoms with Crippen LogP contribution in [0.3, 0.4) is 0 Å². The molecule has 9 heteroatoms. The van der Waals surface area contributed by atoms with Crippen molar-refractivity contribution in [1.82, 2.24) is 15.5 Å². The van der Waals surface area contributed by atoms with Gasteiger partial charge in [-0.3, -0.25) is 14.9 Å². The molecule has 0 aliphatic carbocycles. The molecule has 182 valence electrons. The van der Waals surface area contributed by atoms with Crippen LogP contribution in [0.25, 0.3) is 10.9 Å². The number of alkyl halides is 3. The van der Waals surface area contributed by atoms with Gasteiger partial charge in [0, 0.05) is 22.3 Å². The topological polar surface area (TPSA) is 82.2 Å². The summed E-state index contributed by atoms with van der Waals surface area (Å²) in [7, 11) is 0. The molecule has 4 aromatic rings. The first kappa shape index (κ1) is 23.3. The number of amidine groups is 1. The van der Waals surface area contributed by atoms with Gasteiger partial charge in [-0.05, 0) is 55.8 Å². The zero-order valence-corrected chi connectivity index (χ0v) is 19.4. The number of amides is 1. The monoisotopic (exact) mass is 489 g/mol. The molecule has 3 aromatic carbocycles. The number of nitrogens with one attached hydrogen (secondary N) is 3. The fourth-order valence-corrected chi connectivity index (χ4v) is 4.22. The summed E-state index contributed by atoms with van der Waals surface area (Å²) in [6.07, 6.45) is -2.80. The lowest BCUT2D eigenvalue weighted by molar-refractivity contribution is -0.137. The number of aromatic nitrogens is 2. The van der Waals surface area contributed by atoms with Crippen LogP contribution in [0.5, 0.6) is 0 Å². The molecule has 0 saturated carbocycles. The number of nitrogens with zero attached hydrogens (tertiary/aromatic N) is 2. The van der Waals surface area contributed by atoms with Crippen molar-refractivity contribution in [3.8, 4) is 0 Å². The molecule has 1 atom stereocenters. The van der Waals surface area contributed by atoms with Crippen molar-refractivity contribution < 1.29 is 18.0 Å². The number of benzene rings is 3. The zero-order valence-electron chi connectivity index (χ0n) is 19.4. The van der Waals surface area contributed by atoms with Gasteiger partial charge in [-0.1, -0.05) is 35.9 Å². The van der Waals surface area contributed by atoms with Crippen LogP contribution in [-0.4, -0.2) is 21.9 Å². The number of hydrogen-bond donors (Lipinski definition) is 3. The highest BCUT2D eigenvalue weighted by molar-refractivity contribution is 6.09. The Kier molecular flexibility index (Phi) is 5.83.